The summed E-state index contributed by atoms with van der Waals surface area (Å²) in [5.74, 6) is -0.868. The van der Waals surface area contributed by atoms with Gasteiger partial charge < -0.3 is 25.4 Å². The lowest BCUT2D eigenvalue weighted by molar-refractivity contribution is 0.0693. The smallest absolute Gasteiger partial charge is 0.339 e. The van der Waals surface area contributed by atoms with Crippen molar-refractivity contribution in [1.29, 1.82) is 0 Å². The Kier molecular flexibility index (Phi) is 6.48. The van der Waals surface area contributed by atoms with Crippen LogP contribution in [0.3, 0.4) is 0 Å². The number of benzene rings is 1. The van der Waals surface area contributed by atoms with Crippen LogP contribution in [0.1, 0.15) is 16.8 Å². The Morgan fingerprint density at radius 3 is 2.67 bits per heavy atom. The van der Waals surface area contributed by atoms with Crippen LogP contribution in [0, 0.1) is 0 Å². The van der Waals surface area contributed by atoms with Crippen molar-refractivity contribution in [3.05, 3.63) is 23.8 Å². The number of methoxy groups -OCH3 is 1. The fourth-order valence-electron chi connectivity index (χ4n) is 1.76. The minimum atomic E-state index is -1.08. The van der Waals surface area contributed by atoms with E-state index in [2.05, 4.69) is 10.6 Å². The molecule has 21 heavy (non-hydrogen) atoms. The van der Waals surface area contributed by atoms with Gasteiger partial charge in [-0.3, -0.25) is 0 Å². The van der Waals surface area contributed by atoms with Gasteiger partial charge in [-0.15, -0.1) is 0 Å². The molecule has 0 aliphatic carbocycles. The van der Waals surface area contributed by atoms with Gasteiger partial charge >= 0.3 is 12.0 Å². The van der Waals surface area contributed by atoms with Crippen molar-refractivity contribution in [2.75, 3.05) is 39.6 Å². The Labute approximate surface area is 123 Å². The summed E-state index contributed by atoms with van der Waals surface area (Å²) in [6.45, 7) is 1.45. The number of hydrogen-bond acceptors (Lipinski definition) is 4. The minimum absolute atomic E-state index is 0.0536. The van der Waals surface area contributed by atoms with E-state index in [4.69, 9.17) is 9.84 Å². The Morgan fingerprint density at radius 2 is 2.10 bits per heavy atom. The van der Waals surface area contributed by atoms with E-state index in [1.165, 1.54) is 25.3 Å². The van der Waals surface area contributed by atoms with Crippen LogP contribution < -0.4 is 15.4 Å². The van der Waals surface area contributed by atoms with Crippen LogP contribution in [0.15, 0.2) is 18.2 Å². The quantitative estimate of drug-likeness (QED) is 0.663. The summed E-state index contributed by atoms with van der Waals surface area (Å²) < 4.78 is 5.01. The molecule has 0 saturated heterocycles. The van der Waals surface area contributed by atoms with Crippen LogP contribution >= 0.6 is 0 Å². The second-order valence-electron chi connectivity index (χ2n) is 4.53. The second kappa shape index (κ2) is 8.11. The summed E-state index contributed by atoms with van der Waals surface area (Å²) in [7, 11) is 4.95. The van der Waals surface area contributed by atoms with Crippen molar-refractivity contribution in [2.45, 2.75) is 6.42 Å². The molecule has 0 spiro atoms. The number of nitrogens with zero attached hydrogens (tertiary/aromatic N) is 1. The van der Waals surface area contributed by atoms with Crippen molar-refractivity contribution in [3.63, 3.8) is 0 Å². The SMILES string of the molecule is CNCCCN(C)C(=O)Nc1ccc(C(=O)O)c(OC)c1. The van der Waals surface area contributed by atoms with Gasteiger partial charge in [0.1, 0.15) is 11.3 Å². The first-order chi connectivity index (χ1) is 9.99. The predicted molar refractivity (Wildman–Crippen MR) is 80.1 cm³/mol. The standard InChI is InChI=1S/C14H21N3O4/c1-15-7-4-8-17(2)14(20)16-10-5-6-11(13(18)19)12(9-10)21-3/h5-6,9,15H,4,7-8H2,1-3H3,(H,16,20)(H,18,19). The molecule has 0 aliphatic rings. The van der Waals surface area contributed by atoms with Gasteiger partial charge in [0.25, 0.3) is 0 Å². The summed E-state index contributed by atoms with van der Waals surface area (Å²) in [6.07, 6.45) is 0.849. The molecule has 0 atom stereocenters. The Hall–Kier alpha value is -2.28. The number of nitrogens with one attached hydrogen (secondary N) is 2. The fraction of sp³-hybridized carbons (Fsp3) is 0.429. The maximum absolute atomic E-state index is 12.0. The van der Waals surface area contributed by atoms with Gasteiger partial charge in [0.2, 0.25) is 0 Å². The van der Waals surface area contributed by atoms with Crippen LogP contribution in [0.4, 0.5) is 10.5 Å². The third-order valence-corrected chi connectivity index (χ3v) is 2.95. The molecule has 0 fully saturated rings. The number of carboxylic acid groups (broad SMARTS) is 1. The van der Waals surface area contributed by atoms with Crippen LogP contribution in [0.5, 0.6) is 5.75 Å². The average molecular weight is 295 g/mol. The lowest BCUT2D eigenvalue weighted by Gasteiger charge is -2.18. The normalized spacial score (nSPS) is 10.0. The van der Waals surface area contributed by atoms with Crippen LogP contribution in [-0.4, -0.2) is 56.3 Å². The number of ether oxygens (including phenoxy) is 1. The van der Waals surface area contributed by atoms with E-state index in [1.54, 1.807) is 11.9 Å². The van der Waals surface area contributed by atoms with E-state index in [-0.39, 0.29) is 17.3 Å². The molecule has 0 bridgehead atoms. The zero-order chi connectivity index (χ0) is 15.8. The number of amides is 2. The molecular weight excluding hydrogens is 274 g/mol. The first-order valence-corrected chi connectivity index (χ1v) is 6.57. The molecule has 2 amide bonds. The third-order valence-electron chi connectivity index (χ3n) is 2.95. The highest BCUT2D eigenvalue weighted by molar-refractivity contribution is 5.94. The molecule has 0 heterocycles. The average Bonchev–Trinajstić information content (AvgIpc) is 2.46. The van der Waals surface area contributed by atoms with Crippen molar-refractivity contribution in [2.24, 2.45) is 0 Å². The molecular formula is C14H21N3O4. The van der Waals surface area contributed by atoms with Crippen molar-refractivity contribution in [1.82, 2.24) is 10.2 Å². The van der Waals surface area contributed by atoms with Gasteiger partial charge in [0, 0.05) is 25.3 Å². The lowest BCUT2D eigenvalue weighted by atomic mass is 10.2. The fourth-order valence-corrected chi connectivity index (χ4v) is 1.76. The number of carbonyl (C=O) groups excluding carboxylic acids is 1. The number of rotatable bonds is 7. The maximum atomic E-state index is 12.0. The number of urea groups is 1. The summed E-state index contributed by atoms with van der Waals surface area (Å²) in [5, 5.41) is 14.7. The number of anilines is 1. The molecule has 116 valence electrons. The van der Waals surface area contributed by atoms with E-state index in [1.807, 2.05) is 7.05 Å². The highest BCUT2D eigenvalue weighted by Gasteiger charge is 2.13. The summed E-state index contributed by atoms with van der Waals surface area (Å²) >= 11 is 0. The van der Waals surface area contributed by atoms with Crippen LogP contribution in [0.25, 0.3) is 0 Å². The van der Waals surface area contributed by atoms with Crippen molar-refractivity contribution < 1.29 is 19.4 Å². The monoisotopic (exact) mass is 295 g/mol. The molecule has 0 aliphatic heterocycles. The number of aromatic carboxylic acids is 1. The Balaban J connectivity index is 2.70. The zero-order valence-corrected chi connectivity index (χ0v) is 12.5. The lowest BCUT2D eigenvalue weighted by Crippen LogP contribution is -2.33. The topological polar surface area (TPSA) is 90.9 Å². The molecule has 1 aromatic carbocycles. The van der Waals surface area contributed by atoms with Crippen LogP contribution in [-0.2, 0) is 0 Å². The van der Waals surface area contributed by atoms with Gasteiger partial charge in [-0.1, -0.05) is 0 Å². The molecule has 1 rings (SSSR count). The predicted octanol–water partition coefficient (Wildman–Crippen LogP) is 1.47. The summed E-state index contributed by atoms with van der Waals surface area (Å²) in [5.41, 5.74) is 0.542. The Bertz CT molecular complexity index is 505. The minimum Gasteiger partial charge on any atom is -0.496 e. The number of carboxylic acids is 1. The van der Waals surface area contributed by atoms with Gasteiger partial charge in [0.15, 0.2) is 0 Å². The van der Waals surface area contributed by atoms with E-state index >= 15 is 0 Å². The van der Waals surface area contributed by atoms with Gasteiger partial charge in [-0.2, -0.15) is 0 Å². The van der Waals surface area contributed by atoms with Gasteiger partial charge in [-0.05, 0) is 32.1 Å². The first-order valence-electron chi connectivity index (χ1n) is 6.57. The number of carbonyl (C=O) groups is 2. The molecule has 7 nitrogen and oxygen atoms in total. The van der Waals surface area contributed by atoms with Crippen molar-refractivity contribution in [3.8, 4) is 5.75 Å². The molecule has 7 heteroatoms. The maximum Gasteiger partial charge on any atom is 0.339 e. The highest BCUT2D eigenvalue weighted by Crippen LogP contribution is 2.23. The van der Waals surface area contributed by atoms with Crippen LogP contribution in [0.2, 0.25) is 0 Å². The van der Waals surface area contributed by atoms with E-state index in [0.717, 1.165) is 13.0 Å². The van der Waals surface area contributed by atoms with E-state index in [0.29, 0.717) is 12.2 Å². The summed E-state index contributed by atoms with van der Waals surface area (Å²) in [4.78, 5) is 24.5. The zero-order valence-electron chi connectivity index (χ0n) is 12.5. The van der Waals surface area contributed by atoms with Crippen molar-refractivity contribution >= 4 is 17.7 Å². The third kappa shape index (κ3) is 4.96. The molecule has 3 N–H and O–H groups in total. The number of hydrogen-bond donors (Lipinski definition) is 3. The Morgan fingerprint density at radius 1 is 1.38 bits per heavy atom. The van der Waals surface area contributed by atoms with Gasteiger partial charge in [0.05, 0.1) is 7.11 Å². The summed E-state index contributed by atoms with van der Waals surface area (Å²) in [6, 6.07) is 4.17. The largest absolute Gasteiger partial charge is 0.496 e. The van der Waals surface area contributed by atoms with E-state index < -0.39 is 5.97 Å². The molecule has 0 unspecified atom stereocenters. The highest BCUT2D eigenvalue weighted by atomic mass is 16.5. The molecule has 0 radical (unpaired) electrons. The molecule has 0 aromatic heterocycles. The molecule has 1 aromatic rings. The van der Waals surface area contributed by atoms with E-state index in [9.17, 15) is 9.59 Å². The first kappa shape index (κ1) is 16.8. The second-order valence-corrected chi connectivity index (χ2v) is 4.53. The molecule has 0 saturated carbocycles. The van der Waals surface area contributed by atoms with Gasteiger partial charge in [-0.25, -0.2) is 9.59 Å².